The topological polar surface area (TPSA) is 61.4 Å². The summed E-state index contributed by atoms with van der Waals surface area (Å²) >= 11 is 0. The molecule has 3 rings (SSSR count). The maximum Gasteiger partial charge on any atom is 0.328 e. The molecule has 1 aromatic rings. The highest BCUT2D eigenvalue weighted by molar-refractivity contribution is 6.05. The summed E-state index contributed by atoms with van der Waals surface area (Å²) in [5.41, 5.74) is 3.44. The first-order chi connectivity index (χ1) is 8.74. The molecule has 5 nitrogen and oxygen atoms in total. The van der Waals surface area contributed by atoms with Crippen molar-refractivity contribution in [3.05, 3.63) is 29.3 Å². The number of fused-ring (bicyclic) bond motifs is 1. The molecule has 0 spiro atoms. The van der Waals surface area contributed by atoms with Gasteiger partial charge in [0.1, 0.15) is 0 Å². The number of rotatable bonds is 1. The van der Waals surface area contributed by atoms with E-state index in [2.05, 4.69) is 16.7 Å². The van der Waals surface area contributed by atoms with Crippen LogP contribution in [-0.2, 0) is 17.8 Å². The Kier molecular flexibility index (Phi) is 2.76. The lowest BCUT2D eigenvalue weighted by Gasteiger charge is -2.28. The van der Waals surface area contributed by atoms with E-state index in [1.165, 1.54) is 11.1 Å². The third-order valence-electron chi connectivity index (χ3n) is 3.44. The summed E-state index contributed by atoms with van der Waals surface area (Å²) in [6.45, 7) is 2.31. The molecule has 2 aliphatic rings. The van der Waals surface area contributed by atoms with Gasteiger partial charge in [-0.1, -0.05) is 6.07 Å². The Morgan fingerprint density at radius 3 is 2.83 bits per heavy atom. The molecule has 0 atom stereocenters. The van der Waals surface area contributed by atoms with E-state index in [1.54, 1.807) is 4.90 Å². The zero-order valence-electron chi connectivity index (χ0n) is 10.0. The predicted octanol–water partition coefficient (Wildman–Crippen LogP) is 0.779. The Morgan fingerprint density at radius 2 is 2.00 bits per heavy atom. The molecule has 1 saturated heterocycles. The maximum absolute atomic E-state index is 11.8. The van der Waals surface area contributed by atoms with Crippen molar-refractivity contribution in [2.45, 2.75) is 19.4 Å². The van der Waals surface area contributed by atoms with Gasteiger partial charge >= 0.3 is 6.03 Å². The molecule has 94 valence electrons. The van der Waals surface area contributed by atoms with Crippen LogP contribution in [0.1, 0.15) is 17.5 Å². The van der Waals surface area contributed by atoms with E-state index in [-0.39, 0.29) is 11.9 Å². The summed E-state index contributed by atoms with van der Waals surface area (Å²) in [6, 6.07) is 5.75. The molecule has 2 aliphatic heterocycles. The van der Waals surface area contributed by atoms with Gasteiger partial charge in [0.25, 0.3) is 0 Å². The second-order valence-electron chi connectivity index (χ2n) is 4.63. The van der Waals surface area contributed by atoms with Gasteiger partial charge in [0.15, 0.2) is 0 Å². The SMILES string of the molecule is O=C1CCN(c2ccc3c(c2)CNCC3)C(=O)N1. The number of benzene rings is 1. The van der Waals surface area contributed by atoms with Crippen LogP contribution in [0.15, 0.2) is 18.2 Å². The fraction of sp³-hybridized carbons (Fsp3) is 0.385. The van der Waals surface area contributed by atoms with E-state index in [1.807, 2.05) is 12.1 Å². The molecule has 3 amide bonds. The molecule has 2 N–H and O–H groups in total. The molecule has 18 heavy (non-hydrogen) atoms. The fourth-order valence-corrected chi connectivity index (χ4v) is 2.45. The van der Waals surface area contributed by atoms with Crippen LogP contribution in [0.4, 0.5) is 10.5 Å². The molecule has 0 aromatic heterocycles. The Morgan fingerprint density at radius 1 is 1.11 bits per heavy atom. The molecule has 0 radical (unpaired) electrons. The van der Waals surface area contributed by atoms with Gasteiger partial charge in [-0.2, -0.15) is 0 Å². The quantitative estimate of drug-likeness (QED) is 0.768. The Balaban J connectivity index is 1.88. The Bertz CT molecular complexity index is 513. The van der Waals surface area contributed by atoms with Crippen LogP contribution in [0.2, 0.25) is 0 Å². The smallest absolute Gasteiger partial charge is 0.312 e. The second kappa shape index (κ2) is 4.42. The summed E-state index contributed by atoms with van der Waals surface area (Å²) in [4.78, 5) is 24.5. The first-order valence-corrected chi connectivity index (χ1v) is 6.18. The summed E-state index contributed by atoms with van der Waals surface area (Å²) < 4.78 is 0. The number of urea groups is 1. The van der Waals surface area contributed by atoms with Gasteiger partial charge < -0.3 is 5.32 Å². The number of hydrogen-bond donors (Lipinski definition) is 2. The molecular weight excluding hydrogens is 230 g/mol. The minimum absolute atomic E-state index is 0.198. The van der Waals surface area contributed by atoms with Crippen LogP contribution in [0.25, 0.3) is 0 Å². The van der Waals surface area contributed by atoms with Crippen molar-refractivity contribution in [2.75, 3.05) is 18.0 Å². The third kappa shape index (κ3) is 1.97. The lowest BCUT2D eigenvalue weighted by molar-refractivity contribution is -0.120. The van der Waals surface area contributed by atoms with Gasteiger partial charge in [-0.05, 0) is 36.2 Å². The van der Waals surface area contributed by atoms with E-state index in [9.17, 15) is 9.59 Å². The predicted molar refractivity (Wildman–Crippen MR) is 67.4 cm³/mol. The van der Waals surface area contributed by atoms with Crippen molar-refractivity contribution in [3.63, 3.8) is 0 Å². The van der Waals surface area contributed by atoms with Crippen molar-refractivity contribution in [2.24, 2.45) is 0 Å². The Hall–Kier alpha value is -1.88. The lowest BCUT2D eigenvalue weighted by Crippen LogP contribution is -2.49. The number of imide groups is 1. The number of nitrogens with one attached hydrogen (secondary N) is 2. The largest absolute Gasteiger partial charge is 0.328 e. The Labute approximate surface area is 105 Å². The first-order valence-electron chi connectivity index (χ1n) is 6.18. The molecule has 0 aliphatic carbocycles. The zero-order chi connectivity index (χ0) is 12.5. The van der Waals surface area contributed by atoms with Crippen LogP contribution >= 0.6 is 0 Å². The van der Waals surface area contributed by atoms with E-state index in [0.29, 0.717) is 13.0 Å². The number of carbonyl (C=O) groups is 2. The lowest BCUT2D eigenvalue weighted by atomic mass is 10.00. The molecular formula is C13H15N3O2. The van der Waals surface area contributed by atoms with Gasteiger partial charge in [-0.25, -0.2) is 4.79 Å². The van der Waals surface area contributed by atoms with Gasteiger partial charge in [-0.15, -0.1) is 0 Å². The molecule has 0 unspecified atom stereocenters. The van der Waals surface area contributed by atoms with E-state index < -0.39 is 0 Å². The van der Waals surface area contributed by atoms with Crippen LogP contribution in [0.3, 0.4) is 0 Å². The fourth-order valence-electron chi connectivity index (χ4n) is 2.45. The van der Waals surface area contributed by atoms with Crippen molar-refractivity contribution in [1.82, 2.24) is 10.6 Å². The van der Waals surface area contributed by atoms with Crippen LogP contribution in [0, 0.1) is 0 Å². The number of hydrogen-bond acceptors (Lipinski definition) is 3. The average Bonchev–Trinajstić information content (AvgIpc) is 2.38. The summed E-state index contributed by atoms with van der Waals surface area (Å²) in [7, 11) is 0. The molecule has 0 bridgehead atoms. The normalized spacial score (nSPS) is 19.4. The second-order valence-corrected chi connectivity index (χ2v) is 4.63. The van der Waals surface area contributed by atoms with Crippen LogP contribution < -0.4 is 15.5 Å². The van der Waals surface area contributed by atoms with Crippen LogP contribution in [-0.4, -0.2) is 25.0 Å². The van der Waals surface area contributed by atoms with Gasteiger partial charge in [0.2, 0.25) is 5.91 Å². The first kappa shape index (κ1) is 11.2. The minimum Gasteiger partial charge on any atom is -0.312 e. The van der Waals surface area contributed by atoms with E-state index >= 15 is 0 Å². The number of amides is 3. The summed E-state index contributed by atoms with van der Waals surface area (Å²) in [6.07, 6.45) is 1.39. The highest BCUT2D eigenvalue weighted by atomic mass is 16.2. The summed E-state index contributed by atoms with van der Waals surface area (Å²) in [5.74, 6) is -0.198. The van der Waals surface area contributed by atoms with Crippen molar-refractivity contribution in [1.29, 1.82) is 0 Å². The van der Waals surface area contributed by atoms with Gasteiger partial charge in [0, 0.05) is 25.2 Å². The monoisotopic (exact) mass is 245 g/mol. The zero-order valence-corrected chi connectivity index (χ0v) is 10.0. The molecule has 1 fully saturated rings. The third-order valence-corrected chi connectivity index (χ3v) is 3.44. The van der Waals surface area contributed by atoms with Crippen molar-refractivity contribution in [3.8, 4) is 0 Å². The van der Waals surface area contributed by atoms with Crippen molar-refractivity contribution >= 4 is 17.6 Å². The molecule has 0 saturated carbocycles. The number of nitrogens with zero attached hydrogens (tertiary/aromatic N) is 1. The highest BCUT2D eigenvalue weighted by Crippen LogP contribution is 2.23. The number of anilines is 1. The van der Waals surface area contributed by atoms with Gasteiger partial charge in [-0.3, -0.25) is 15.0 Å². The minimum atomic E-state index is -0.324. The highest BCUT2D eigenvalue weighted by Gasteiger charge is 2.24. The molecule has 2 heterocycles. The summed E-state index contributed by atoms with van der Waals surface area (Å²) in [5, 5.41) is 5.66. The van der Waals surface area contributed by atoms with E-state index in [0.717, 1.165) is 25.2 Å². The van der Waals surface area contributed by atoms with Gasteiger partial charge in [0.05, 0.1) is 0 Å². The number of carbonyl (C=O) groups excluding carboxylic acids is 2. The van der Waals surface area contributed by atoms with E-state index in [4.69, 9.17) is 0 Å². The molecule has 5 heteroatoms. The maximum atomic E-state index is 11.8. The average molecular weight is 245 g/mol. The van der Waals surface area contributed by atoms with Crippen molar-refractivity contribution < 1.29 is 9.59 Å². The molecule has 1 aromatic carbocycles. The van der Waals surface area contributed by atoms with Crippen LogP contribution in [0.5, 0.6) is 0 Å². The standard InChI is InChI=1S/C13H15N3O2/c17-12-4-6-16(13(18)15-12)11-2-1-9-3-5-14-8-10(9)7-11/h1-2,7,14H,3-6,8H2,(H,15,17,18).